The summed E-state index contributed by atoms with van der Waals surface area (Å²) in [7, 11) is 3.22. The van der Waals surface area contributed by atoms with E-state index < -0.39 is 0 Å². The zero-order valence-corrected chi connectivity index (χ0v) is 12.0. The van der Waals surface area contributed by atoms with Crippen molar-refractivity contribution in [2.24, 2.45) is 0 Å². The van der Waals surface area contributed by atoms with Crippen molar-refractivity contribution in [2.45, 2.75) is 12.5 Å². The molecular weight excluding hydrogens is 258 g/mol. The van der Waals surface area contributed by atoms with Crippen molar-refractivity contribution in [1.29, 1.82) is 0 Å². The summed E-state index contributed by atoms with van der Waals surface area (Å²) in [5, 5.41) is 0. The Balaban J connectivity index is 1.94. The number of carbonyl (C=O) groups excluding carboxylic acids is 1. The van der Waals surface area contributed by atoms with E-state index in [1.807, 2.05) is 17.0 Å². The number of para-hydroxylation sites is 1. The number of carbonyl (C=O) groups is 1. The minimum absolute atomic E-state index is 0.000270. The lowest BCUT2D eigenvalue weighted by Gasteiger charge is -2.18. The monoisotopic (exact) mass is 279 g/mol. The number of ether oxygens (including phenoxy) is 3. The van der Waals surface area contributed by atoms with E-state index >= 15 is 0 Å². The Morgan fingerprint density at radius 2 is 2.10 bits per heavy atom. The highest BCUT2D eigenvalue weighted by atomic mass is 16.5. The predicted octanol–water partition coefficient (Wildman–Crippen LogP) is 1.57. The Bertz CT molecular complexity index is 449. The molecule has 0 bridgehead atoms. The molecule has 20 heavy (non-hydrogen) atoms. The molecule has 1 heterocycles. The third kappa shape index (κ3) is 3.49. The maximum Gasteiger partial charge on any atom is 0.257 e. The van der Waals surface area contributed by atoms with E-state index in [9.17, 15) is 4.79 Å². The number of rotatable bonds is 6. The molecule has 5 heteroatoms. The third-order valence-corrected chi connectivity index (χ3v) is 3.41. The summed E-state index contributed by atoms with van der Waals surface area (Å²) in [6, 6.07) is 7.30. The molecular formula is C15H21NO4. The lowest BCUT2D eigenvalue weighted by Crippen LogP contribution is -2.30. The van der Waals surface area contributed by atoms with Crippen molar-refractivity contribution >= 4 is 5.91 Å². The smallest absolute Gasteiger partial charge is 0.257 e. The van der Waals surface area contributed by atoms with Gasteiger partial charge in [-0.25, -0.2) is 0 Å². The molecule has 1 aromatic rings. The van der Waals surface area contributed by atoms with Crippen molar-refractivity contribution in [1.82, 2.24) is 4.90 Å². The fourth-order valence-corrected chi connectivity index (χ4v) is 2.34. The second-order valence-corrected chi connectivity index (χ2v) is 4.73. The number of amides is 1. The first kappa shape index (κ1) is 14.8. The van der Waals surface area contributed by atoms with Crippen LogP contribution in [-0.4, -0.2) is 57.4 Å². The molecule has 0 radical (unpaired) electrons. The maximum atomic E-state index is 12.5. The van der Waals surface area contributed by atoms with E-state index in [0.717, 1.165) is 6.42 Å². The highest BCUT2D eigenvalue weighted by Gasteiger charge is 2.28. The SMILES string of the molecule is COCCOC1CCN(C(=O)c2ccccc2OC)C1. The quantitative estimate of drug-likeness (QED) is 0.742. The van der Waals surface area contributed by atoms with Crippen molar-refractivity contribution < 1.29 is 19.0 Å². The molecule has 5 nitrogen and oxygen atoms in total. The fraction of sp³-hybridized carbons (Fsp3) is 0.533. The van der Waals surface area contributed by atoms with Gasteiger partial charge in [0.15, 0.2) is 0 Å². The standard InChI is InChI=1S/C15H21NO4/c1-18-9-10-20-12-7-8-16(11-12)15(17)13-5-3-4-6-14(13)19-2/h3-6,12H,7-11H2,1-2H3. The molecule has 1 amide bonds. The largest absolute Gasteiger partial charge is 0.496 e. The van der Waals surface area contributed by atoms with Crippen LogP contribution in [0, 0.1) is 0 Å². The van der Waals surface area contributed by atoms with Crippen LogP contribution in [0.5, 0.6) is 5.75 Å². The van der Waals surface area contributed by atoms with Gasteiger partial charge in [-0.3, -0.25) is 4.79 Å². The molecule has 1 aliphatic rings. The van der Waals surface area contributed by atoms with E-state index in [1.54, 1.807) is 26.4 Å². The molecule has 0 saturated carbocycles. The number of benzene rings is 1. The average molecular weight is 279 g/mol. The number of methoxy groups -OCH3 is 2. The molecule has 1 aliphatic heterocycles. The molecule has 110 valence electrons. The van der Waals surface area contributed by atoms with Crippen molar-refractivity contribution in [3.8, 4) is 5.75 Å². The number of hydrogen-bond donors (Lipinski definition) is 0. The van der Waals surface area contributed by atoms with Gasteiger partial charge in [-0.1, -0.05) is 12.1 Å². The van der Waals surface area contributed by atoms with Gasteiger partial charge in [-0.15, -0.1) is 0 Å². The second-order valence-electron chi connectivity index (χ2n) is 4.73. The lowest BCUT2D eigenvalue weighted by molar-refractivity contribution is 0.0218. The minimum Gasteiger partial charge on any atom is -0.496 e. The zero-order chi connectivity index (χ0) is 14.4. The van der Waals surface area contributed by atoms with Crippen LogP contribution in [0.15, 0.2) is 24.3 Å². The van der Waals surface area contributed by atoms with Gasteiger partial charge in [-0.05, 0) is 18.6 Å². The van der Waals surface area contributed by atoms with Crippen LogP contribution in [0.25, 0.3) is 0 Å². The van der Waals surface area contributed by atoms with Gasteiger partial charge in [0.05, 0.1) is 32.0 Å². The van der Waals surface area contributed by atoms with E-state index in [-0.39, 0.29) is 12.0 Å². The van der Waals surface area contributed by atoms with Gasteiger partial charge in [0.1, 0.15) is 5.75 Å². The van der Waals surface area contributed by atoms with E-state index in [4.69, 9.17) is 14.2 Å². The second kappa shape index (κ2) is 7.26. The third-order valence-electron chi connectivity index (χ3n) is 3.41. The van der Waals surface area contributed by atoms with E-state index in [1.165, 1.54) is 0 Å². The molecule has 1 saturated heterocycles. The van der Waals surface area contributed by atoms with Crippen molar-refractivity contribution in [2.75, 3.05) is 40.5 Å². The Labute approximate surface area is 119 Å². The summed E-state index contributed by atoms with van der Waals surface area (Å²) >= 11 is 0. The van der Waals surface area contributed by atoms with E-state index in [2.05, 4.69) is 0 Å². The molecule has 1 aromatic carbocycles. The number of likely N-dealkylation sites (tertiary alicyclic amines) is 1. The Kier molecular flexibility index (Phi) is 5.38. The highest BCUT2D eigenvalue weighted by Crippen LogP contribution is 2.22. The summed E-state index contributed by atoms with van der Waals surface area (Å²) in [4.78, 5) is 14.3. The summed E-state index contributed by atoms with van der Waals surface area (Å²) in [6.45, 7) is 2.49. The molecule has 2 rings (SSSR count). The van der Waals surface area contributed by atoms with Crippen LogP contribution in [0.1, 0.15) is 16.8 Å². The maximum absolute atomic E-state index is 12.5. The van der Waals surface area contributed by atoms with Gasteiger partial charge in [-0.2, -0.15) is 0 Å². The molecule has 1 fully saturated rings. The Hall–Kier alpha value is -1.59. The number of hydrogen-bond acceptors (Lipinski definition) is 4. The van der Waals surface area contributed by atoms with E-state index in [0.29, 0.717) is 37.6 Å². The molecule has 1 atom stereocenters. The first-order chi connectivity index (χ1) is 9.76. The summed E-state index contributed by atoms with van der Waals surface area (Å²) < 4.78 is 15.9. The molecule has 1 unspecified atom stereocenters. The first-order valence-corrected chi connectivity index (χ1v) is 6.79. The van der Waals surface area contributed by atoms with Gasteiger partial charge in [0, 0.05) is 20.2 Å². The number of nitrogens with zero attached hydrogens (tertiary/aromatic N) is 1. The van der Waals surface area contributed by atoms with Gasteiger partial charge < -0.3 is 19.1 Å². The Morgan fingerprint density at radius 1 is 1.30 bits per heavy atom. The van der Waals surface area contributed by atoms with Crippen LogP contribution < -0.4 is 4.74 Å². The normalized spacial score (nSPS) is 18.3. The van der Waals surface area contributed by atoms with Crippen LogP contribution in [-0.2, 0) is 9.47 Å². The topological polar surface area (TPSA) is 48.0 Å². The predicted molar refractivity (Wildman–Crippen MR) is 75.1 cm³/mol. The minimum atomic E-state index is 0.000270. The van der Waals surface area contributed by atoms with Gasteiger partial charge in [0.2, 0.25) is 0 Å². The van der Waals surface area contributed by atoms with Crippen LogP contribution >= 0.6 is 0 Å². The molecule has 0 aliphatic carbocycles. The van der Waals surface area contributed by atoms with Crippen LogP contribution in [0.3, 0.4) is 0 Å². The van der Waals surface area contributed by atoms with Crippen molar-refractivity contribution in [3.05, 3.63) is 29.8 Å². The van der Waals surface area contributed by atoms with Gasteiger partial charge in [0.25, 0.3) is 5.91 Å². The Morgan fingerprint density at radius 3 is 2.85 bits per heavy atom. The summed E-state index contributed by atoms with van der Waals surface area (Å²) in [5.74, 6) is 0.613. The molecule has 0 N–H and O–H groups in total. The van der Waals surface area contributed by atoms with Crippen molar-refractivity contribution in [3.63, 3.8) is 0 Å². The first-order valence-electron chi connectivity index (χ1n) is 6.79. The molecule has 0 aromatic heterocycles. The zero-order valence-electron chi connectivity index (χ0n) is 12.0. The summed E-state index contributed by atoms with van der Waals surface area (Å²) in [6.07, 6.45) is 0.966. The highest BCUT2D eigenvalue weighted by molar-refractivity contribution is 5.97. The van der Waals surface area contributed by atoms with Crippen LogP contribution in [0.2, 0.25) is 0 Å². The molecule has 0 spiro atoms. The lowest BCUT2D eigenvalue weighted by atomic mass is 10.2. The fourth-order valence-electron chi connectivity index (χ4n) is 2.34. The van der Waals surface area contributed by atoms with Crippen LogP contribution in [0.4, 0.5) is 0 Å². The summed E-state index contributed by atoms with van der Waals surface area (Å²) in [5.41, 5.74) is 0.604. The average Bonchev–Trinajstić information content (AvgIpc) is 2.95. The van der Waals surface area contributed by atoms with Gasteiger partial charge >= 0.3 is 0 Å².